The van der Waals surface area contributed by atoms with Crippen molar-refractivity contribution in [2.24, 2.45) is 0 Å². The average molecular weight is 388 g/mol. The third kappa shape index (κ3) is 2.16. The highest BCUT2D eigenvalue weighted by molar-refractivity contribution is 6.18. The summed E-state index contributed by atoms with van der Waals surface area (Å²) < 4.78 is 1.99. The number of pyridine rings is 2. The van der Waals surface area contributed by atoms with E-state index in [0.717, 1.165) is 42.1 Å². The van der Waals surface area contributed by atoms with E-state index in [9.17, 15) is 10.4 Å². The summed E-state index contributed by atoms with van der Waals surface area (Å²) in [7, 11) is 0. The van der Waals surface area contributed by atoms with Gasteiger partial charge in [0.1, 0.15) is 0 Å². The molecule has 2 aromatic heterocycles. The zero-order valence-electron chi connectivity index (χ0n) is 15.9. The first-order valence-electron chi connectivity index (χ1n) is 9.82. The zero-order valence-corrected chi connectivity index (χ0v) is 15.9. The summed E-state index contributed by atoms with van der Waals surface area (Å²) >= 11 is 0. The number of para-hydroxylation sites is 4. The number of nitrogens with zero attached hydrogens (tertiary/aromatic N) is 2. The molecule has 0 fully saturated rings. The molecule has 0 unspecified atom stereocenters. The molecule has 0 radical (unpaired) electrons. The molecule has 0 amide bonds. The molecule has 4 nitrogen and oxygen atoms in total. The fourth-order valence-electron chi connectivity index (χ4n) is 4.54. The van der Waals surface area contributed by atoms with E-state index >= 15 is 0 Å². The van der Waals surface area contributed by atoms with Gasteiger partial charge in [-0.25, -0.2) is 0 Å². The lowest BCUT2D eigenvalue weighted by atomic mass is 9.90. The molecular formula is C26H16N2O2. The molecule has 142 valence electrons. The summed E-state index contributed by atoms with van der Waals surface area (Å²) in [4.78, 5) is 0. The summed E-state index contributed by atoms with van der Waals surface area (Å²) in [6, 6.07) is 30.6. The molecule has 0 N–H and O–H groups in total. The number of fused-ring (bicyclic) bond motifs is 4. The third-order valence-corrected chi connectivity index (χ3v) is 5.82. The van der Waals surface area contributed by atoms with Gasteiger partial charge in [0.15, 0.2) is 0 Å². The fraction of sp³-hybridized carbons (Fsp3) is 0. The van der Waals surface area contributed by atoms with Crippen LogP contribution < -0.4 is 9.46 Å². The van der Waals surface area contributed by atoms with Gasteiger partial charge < -0.3 is 10.4 Å². The van der Waals surface area contributed by atoms with Crippen molar-refractivity contribution >= 4 is 43.6 Å². The number of rotatable bonds is 1. The van der Waals surface area contributed by atoms with Crippen LogP contribution in [0.15, 0.2) is 97.1 Å². The lowest BCUT2D eigenvalue weighted by molar-refractivity contribution is -0.548. The first kappa shape index (κ1) is 16.7. The van der Waals surface area contributed by atoms with Crippen LogP contribution in [-0.2, 0) is 0 Å². The normalized spacial score (nSPS) is 11.6. The minimum absolute atomic E-state index is 0.609. The average Bonchev–Trinajstić information content (AvgIpc) is 2.81. The van der Waals surface area contributed by atoms with Gasteiger partial charge in [0.2, 0.25) is 22.1 Å². The number of benzene rings is 4. The monoisotopic (exact) mass is 388 g/mol. The highest BCUT2D eigenvalue weighted by Gasteiger charge is 2.24. The zero-order chi connectivity index (χ0) is 20.2. The van der Waals surface area contributed by atoms with Crippen LogP contribution in [0.3, 0.4) is 0 Å². The molecule has 30 heavy (non-hydrogen) atoms. The smallest absolute Gasteiger partial charge is 0.224 e. The predicted octanol–water partition coefficient (Wildman–Crippen LogP) is 5.23. The van der Waals surface area contributed by atoms with E-state index in [0.29, 0.717) is 22.1 Å². The first-order chi connectivity index (χ1) is 14.8. The van der Waals surface area contributed by atoms with Crippen LogP contribution in [0.25, 0.3) is 54.7 Å². The molecule has 4 aromatic carbocycles. The molecule has 0 aliphatic carbocycles. The molecule has 6 aromatic rings. The van der Waals surface area contributed by atoms with Crippen LogP contribution in [0.4, 0.5) is 0 Å². The van der Waals surface area contributed by atoms with Crippen LogP contribution in [0.2, 0.25) is 0 Å². The molecule has 2 heterocycles. The molecule has 0 saturated heterocycles. The standard InChI is InChI=1S/C26H16N2O2/c29-27-21-13-5-1-9-17(21)25(18-10-2-6-14-22(18)27)26-19-11-3-7-15-23(19)28(30)24-16-8-4-12-20(24)26/h1-16H. The van der Waals surface area contributed by atoms with Crippen molar-refractivity contribution in [3.05, 3.63) is 107 Å². The SMILES string of the molecule is [O-][n+]1c2ccccc2c(-c2c3ccccc3[n+]([O-])c3ccccc23)c2ccccc21. The minimum Gasteiger partial charge on any atom is -0.618 e. The van der Waals surface area contributed by atoms with Crippen molar-refractivity contribution in [3.63, 3.8) is 0 Å². The van der Waals surface area contributed by atoms with Gasteiger partial charge in [-0.2, -0.15) is 9.46 Å². The highest BCUT2D eigenvalue weighted by Crippen LogP contribution is 2.40. The van der Waals surface area contributed by atoms with Gasteiger partial charge in [0, 0.05) is 35.4 Å². The Morgan fingerprint density at radius 3 is 0.867 bits per heavy atom. The molecule has 0 aliphatic rings. The topological polar surface area (TPSA) is 53.9 Å². The van der Waals surface area contributed by atoms with E-state index in [4.69, 9.17) is 0 Å². The third-order valence-electron chi connectivity index (χ3n) is 5.82. The van der Waals surface area contributed by atoms with Gasteiger partial charge in [-0.3, -0.25) is 0 Å². The van der Waals surface area contributed by atoms with Crippen molar-refractivity contribution in [3.8, 4) is 11.1 Å². The van der Waals surface area contributed by atoms with Crippen LogP contribution in [0.1, 0.15) is 0 Å². The summed E-state index contributed by atoms with van der Waals surface area (Å²) in [6.45, 7) is 0. The first-order valence-corrected chi connectivity index (χ1v) is 9.82. The summed E-state index contributed by atoms with van der Waals surface area (Å²) in [6.07, 6.45) is 0. The Morgan fingerprint density at radius 1 is 0.367 bits per heavy atom. The minimum atomic E-state index is 0.609. The quantitative estimate of drug-likeness (QED) is 0.220. The highest BCUT2D eigenvalue weighted by atomic mass is 16.5. The lowest BCUT2D eigenvalue weighted by Crippen LogP contribution is -2.29. The number of hydrogen-bond acceptors (Lipinski definition) is 2. The number of aromatic nitrogens is 2. The molecule has 0 saturated carbocycles. The molecule has 0 aliphatic heterocycles. The molecule has 6 rings (SSSR count). The van der Waals surface area contributed by atoms with Crippen molar-refractivity contribution in [1.82, 2.24) is 0 Å². The van der Waals surface area contributed by atoms with E-state index in [1.165, 1.54) is 0 Å². The van der Waals surface area contributed by atoms with Crippen LogP contribution >= 0.6 is 0 Å². The van der Waals surface area contributed by atoms with Crippen molar-refractivity contribution in [2.75, 3.05) is 0 Å². The van der Waals surface area contributed by atoms with E-state index in [1.54, 1.807) is 0 Å². The molecule has 4 heteroatoms. The fourth-order valence-corrected chi connectivity index (χ4v) is 4.54. The van der Waals surface area contributed by atoms with E-state index < -0.39 is 0 Å². The Morgan fingerprint density at radius 2 is 0.600 bits per heavy atom. The summed E-state index contributed by atoms with van der Waals surface area (Å²) in [5, 5.41) is 29.7. The second-order valence-corrected chi connectivity index (χ2v) is 7.41. The molecule has 0 spiro atoms. The van der Waals surface area contributed by atoms with Crippen LogP contribution in [-0.4, -0.2) is 0 Å². The summed E-state index contributed by atoms with van der Waals surface area (Å²) in [5.41, 5.74) is 4.38. The van der Waals surface area contributed by atoms with Gasteiger partial charge in [-0.05, 0) is 24.3 Å². The Kier molecular flexibility index (Phi) is 3.44. The van der Waals surface area contributed by atoms with Gasteiger partial charge in [0.25, 0.3) is 0 Å². The Balaban J connectivity index is 1.97. The molecular weight excluding hydrogens is 372 g/mol. The maximum absolute atomic E-state index is 13.1. The maximum atomic E-state index is 13.1. The lowest BCUT2D eigenvalue weighted by Gasteiger charge is -2.16. The van der Waals surface area contributed by atoms with Crippen LogP contribution in [0.5, 0.6) is 0 Å². The van der Waals surface area contributed by atoms with Gasteiger partial charge in [-0.1, -0.05) is 48.5 Å². The Hall–Kier alpha value is -4.18. The van der Waals surface area contributed by atoms with E-state index in [2.05, 4.69) is 0 Å². The molecule has 0 bridgehead atoms. The van der Waals surface area contributed by atoms with Gasteiger partial charge >= 0.3 is 0 Å². The van der Waals surface area contributed by atoms with Crippen molar-refractivity contribution in [1.29, 1.82) is 0 Å². The Labute approximate surface area is 172 Å². The molecule has 0 atom stereocenters. The van der Waals surface area contributed by atoms with E-state index in [1.807, 2.05) is 97.1 Å². The maximum Gasteiger partial charge on any atom is 0.224 e. The second-order valence-electron chi connectivity index (χ2n) is 7.41. The number of hydrogen-bond donors (Lipinski definition) is 0. The van der Waals surface area contributed by atoms with Gasteiger partial charge in [-0.15, -0.1) is 0 Å². The van der Waals surface area contributed by atoms with Crippen LogP contribution in [0, 0.1) is 10.4 Å². The second kappa shape index (κ2) is 6.16. The predicted molar refractivity (Wildman–Crippen MR) is 120 cm³/mol. The van der Waals surface area contributed by atoms with Crippen molar-refractivity contribution in [2.45, 2.75) is 0 Å². The summed E-state index contributed by atoms with van der Waals surface area (Å²) in [5.74, 6) is 0. The van der Waals surface area contributed by atoms with Crippen molar-refractivity contribution < 1.29 is 9.46 Å². The Bertz CT molecular complexity index is 1390. The largest absolute Gasteiger partial charge is 0.618 e. The van der Waals surface area contributed by atoms with E-state index in [-0.39, 0.29) is 0 Å². The van der Waals surface area contributed by atoms with Gasteiger partial charge in [0.05, 0.1) is 21.5 Å².